The van der Waals surface area contributed by atoms with Gasteiger partial charge in [-0.25, -0.2) is 8.78 Å². The van der Waals surface area contributed by atoms with Gasteiger partial charge in [0.25, 0.3) is 6.43 Å². The third-order valence-electron chi connectivity index (χ3n) is 2.19. The van der Waals surface area contributed by atoms with E-state index in [1.54, 1.807) is 18.2 Å². The molecule has 0 aliphatic rings. The molecule has 2 rings (SSSR count). The first-order valence-electron chi connectivity index (χ1n) is 4.75. The molecular weight excluding hydrogens is 214 g/mol. The van der Waals surface area contributed by atoms with E-state index in [9.17, 15) is 8.78 Å². The Labute approximate surface area is 90.9 Å². The summed E-state index contributed by atoms with van der Waals surface area (Å²) in [4.78, 5) is 0. The zero-order valence-corrected chi connectivity index (χ0v) is 8.36. The average Bonchev–Trinajstić information content (AvgIpc) is 2.77. The lowest BCUT2D eigenvalue weighted by Gasteiger charge is -2.00. The second kappa shape index (κ2) is 4.40. The Morgan fingerprint density at radius 1 is 1.31 bits per heavy atom. The molecule has 0 aliphatic carbocycles. The lowest BCUT2D eigenvalue weighted by molar-refractivity contribution is 0.151. The molecule has 2 N–H and O–H groups in total. The maximum Gasteiger partial charge on any atom is 0.263 e. The van der Waals surface area contributed by atoms with Crippen LogP contribution in [0.2, 0.25) is 0 Å². The maximum absolute atomic E-state index is 12.5. The highest BCUT2D eigenvalue weighted by atomic mass is 19.3. The van der Waals surface area contributed by atoms with Crippen molar-refractivity contribution in [3.05, 3.63) is 41.7 Å². The van der Waals surface area contributed by atoms with Gasteiger partial charge in [-0.05, 0) is 6.07 Å². The first-order valence-corrected chi connectivity index (χ1v) is 4.75. The molecule has 5 heteroatoms. The summed E-state index contributed by atoms with van der Waals surface area (Å²) in [5.74, 6) is 0.525. The highest BCUT2D eigenvalue weighted by Gasteiger charge is 2.10. The quantitative estimate of drug-likeness (QED) is 0.872. The second-order valence-electron chi connectivity index (χ2n) is 3.31. The third kappa shape index (κ3) is 2.09. The number of halogens is 2. The molecule has 0 spiro atoms. The van der Waals surface area contributed by atoms with E-state index in [1.165, 1.54) is 12.1 Å². The Kier molecular flexibility index (Phi) is 2.96. The minimum absolute atomic E-state index is 0.0326. The van der Waals surface area contributed by atoms with E-state index >= 15 is 0 Å². The smallest absolute Gasteiger partial charge is 0.263 e. The SMILES string of the molecule is NCc1cc(-c2cccc(C(F)F)c2)no1. The van der Waals surface area contributed by atoms with Gasteiger partial charge >= 0.3 is 0 Å². The fourth-order valence-corrected chi connectivity index (χ4v) is 1.38. The van der Waals surface area contributed by atoms with Crippen molar-refractivity contribution in [3.8, 4) is 11.3 Å². The number of hydrogen-bond donors (Lipinski definition) is 1. The average molecular weight is 224 g/mol. The van der Waals surface area contributed by atoms with E-state index < -0.39 is 6.43 Å². The fraction of sp³-hybridized carbons (Fsp3) is 0.182. The number of nitrogens with zero attached hydrogens (tertiary/aromatic N) is 1. The molecule has 0 fully saturated rings. The molecule has 84 valence electrons. The van der Waals surface area contributed by atoms with Crippen molar-refractivity contribution in [1.82, 2.24) is 5.16 Å². The van der Waals surface area contributed by atoms with E-state index in [2.05, 4.69) is 5.16 Å². The van der Waals surface area contributed by atoms with Crippen molar-refractivity contribution in [2.75, 3.05) is 0 Å². The van der Waals surface area contributed by atoms with Gasteiger partial charge in [0.2, 0.25) is 0 Å². The second-order valence-corrected chi connectivity index (χ2v) is 3.31. The Balaban J connectivity index is 2.36. The summed E-state index contributed by atoms with van der Waals surface area (Å²) in [6.45, 7) is 0.238. The summed E-state index contributed by atoms with van der Waals surface area (Å²) in [5, 5.41) is 3.76. The maximum atomic E-state index is 12.5. The molecule has 0 bridgehead atoms. The van der Waals surface area contributed by atoms with Crippen molar-refractivity contribution in [2.24, 2.45) is 5.73 Å². The van der Waals surface area contributed by atoms with Gasteiger partial charge < -0.3 is 10.3 Å². The number of alkyl halides is 2. The van der Waals surface area contributed by atoms with Gasteiger partial charge in [0.15, 0.2) is 5.76 Å². The molecule has 0 unspecified atom stereocenters. The van der Waals surface area contributed by atoms with Crippen molar-refractivity contribution in [1.29, 1.82) is 0 Å². The summed E-state index contributed by atoms with van der Waals surface area (Å²) in [6, 6.07) is 7.67. The van der Waals surface area contributed by atoms with Gasteiger partial charge in [0.05, 0.1) is 6.54 Å². The van der Waals surface area contributed by atoms with Crippen LogP contribution in [0.15, 0.2) is 34.9 Å². The lowest BCUT2D eigenvalue weighted by atomic mass is 10.1. The normalized spacial score (nSPS) is 11.0. The van der Waals surface area contributed by atoms with Crippen LogP contribution in [0.5, 0.6) is 0 Å². The number of hydrogen-bond acceptors (Lipinski definition) is 3. The van der Waals surface area contributed by atoms with E-state index in [0.717, 1.165) is 0 Å². The van der Waals surface area contributed by atoms with Gasteiger partial charge in [-0.15, -0.1) is 0 Å². The summed E-state index contributed by atoms with van der Waals surface area (Å²) < 4.78 is 29.8. The molecule has 0 radical (unpaired) electrons. The van der Waals surface area contributed by atoms with Crippen LogP contribution in [0.4, 0.5) is 8.78 Å². The van der Waals surface area contributed by atoms with Gasteiger partial charge in [-0.3, -0.25) is 0 Å². The minimum Gasteiger partial charge on any atom is -0.359 e. The third-order valence-corrected chi connectivity index (χ3v) is 2.19. The Morgan fingerprint density at radius 2 is 2.12 bits per heavy atom. The fourth-order valence-electron chi connectivity index (χ4n) is 1.38. The summed E-state index contributed by atoms with van der Waals surface area (Å²) in [7, 11) is 0. The predicted octanol–water partition coefficient (Wildman–Crippen LogP) is 2.74. The van der Waals surface area contributed by atoms with Crippen molar-refractivity contribution in [2.45, 2.75) is 13.0 Å². The van der Waals surface area contributed by atoms with Gasteiger partial charge in [-0.2, -0.15) is 0 Å². The molecule has 0 amide bonds. The number of benzene rings is 1. The van der Waals surface area contributed by atoms with Crippen LogP contribution >= 0.6 is 0 Å². The summed E-state index contributed by atoms with van der Waals surface area (Å²) in [6.07, 6.45) is -2.49. The zero-order valence-electron chi connectivity index (χ0n) is 8.36. The molecule has 0 saturated carbocycles. The number of nitrogens with two attached hydrogens (primary N) is 1. The van der Waals surface area contributed by atoms with Crippen molar-refractivity contribution >= 4 is 0 Å². The minimum atomic E-state index is -2.49. The molecule has 3 nitrogen and oxygen atoms in total. The Hall–Kier alpha value is -1.75. The highest BCUT2D eigenvalue weighted by molar-refractivity contribution is 5.59. The lowest BCUT2D eigenvalue weighted by Crippen LogP contribution is -1.92. The molecule has 0 aliphatic heterocycles. The van der Waals surface area contributed by atoms with Crippen LogP contribution in [0.3, 0.4) is 0 Å². The zero-order chi connectivity index (χ0) is 11.5. The van der Waals surface area contributed by atoms with Crippen molar-refractivity contribution in [3.63, 3.8) is 0 Å². The van der Waals surface area contributed by atoms with E-state index in [1.807, 2.05) is 0 Å². The Morgan fingerprint density at radius 3 is 2.75 bits per heavy atom. The van der Waals surface area contributed by atoms with Crippen LogP contribution in [0.25, 0.3) is 11.3 Å². The first-order chi connectivity index (χ1) is 7.70. The molecule has 0 atom stereocenters. The Bertz CT molecular complexity index is 482. The first kappa shape index (κ1) is 10.8. The van der Waals surface area contributed by atoms with Crippen LogP contribution in [-0.2, 0) is 6.54 Å². The van der Waals surface area contributed by atoms with Crippen LogP contribution in [0, 0.1) is 0 Å². The molecule has 16 heavy (non-hydrogen) atoms. The molecule has 0 saturated heterocycles. The van der Waals surface area contributed by atoms with E-state index in [4.69, 9.17) is 10.3 Å². The standard InChI is InChI=1S/C11H10F2N2O/c12-11(13)8-3-1-2-7(4-8)10-5-9(6-14)16-15-10/h1-5,11H,6,14H2. The highest BCUT2D eigenvalue weighted by Crippen LogP contribution is 2.25. The number of aromatic nitrogens is 1. The van der Waals surface area contributed by atoms with Gasteiger partial charge in [0, 0.05) is 17.2 Å². The monoisotopic (exact) mass is 224 g/mol. The molecular formula is C11H10F2N2O. The largest absolute Gasteiger partial charge is 0.359 e. The van der Waals surface area contributed by atoms with Gasteiger partial charge in [0.1, 0.15) is 5.69 Å². The van der Waals surface area contributed by atoms with Crippen LogP contribution in [0.1, 0.15) is 17.7 Å². The topological polar surface area (TPSA) is 52.0 Å². The molecule has 1 heterocycles. The summed E-state index contributed by atoms with van der Waals surface area (Å²) >= 11 is 0. The van der Waals surface area contributed by atoms with Gasteiger partial charge in [-0.1, -0.05) is 23.4 Å². The van der Waals surface area contributed by atoms with Crippen LogP contribution < -0.4 is 5.73 Å². The van der Waals surface area contributed by atoms with E-state index in [-0.39, 0.29) is 12.1 Å². The molecule has 2 aromatic rings. The predicted molar refractivity (Wildman–Crippen MR) is 54.8 cm³/mol. The van der Waals surface area contributed by atoms with Crippen molar-refractivity contribution < 1.29 is 13.3 Å². The summed E-state index contributed by atoms with van der Waals surface area (Å²) in [5.41, 5.74) is 6.45. The number of rotatable bonds is 3. The van der Waals surface area contributed by atoms with E-state index in [0.29, 0.717) is 17.0 Å². The molecule has 1 aromatic heterocycles. The molecule has 1 aromatic carbocycles. The van der Waals surface area contributed by atoms with Crippen LogP contribution in [-0.4, -0.2) is 5.16 Å².